The zero-order chi connectivity index (χ0) is 22.1. The van der Waals surface area contributed by atoms with Crippen molar-refractivity contribution in [2.45, 2.75) is 13.2 Å². The third-order valence-electron chi connectivity index (χ3n) is 5.13. The summed E-state index contributed by atoms with van der Waals surface area (Å²) in [6.07, 6.45) is 1.64. The fourth-order valence-electron chi connectivity index (χ4n) is 3.64. The second-order valence-corrected chi connectivity index (χ2v) is 7.34. The molecule has 0 spiro atoms. The number of aromatic amines is 1. The number of para-hydroxylation sites is 2. The largest absolute Gasteiger partial charge is 0.455 e. The van der Waals surface area contributed by atoms with Crippen LogP contribution < -0.4 is 5.43 Å². The average molecular weight is 428 g/mol. The molecule has 3 aromatic carbocycles. The van der Waals surface area contributed by atoms with Crippen LogP contribution in [0.25, 0.3) is 21.8 Å². The lowest BCUT2D eigenvalue weighted by Gasteiger charge is -2.08. The maximum atomic E-state index is 13.3. The Balaban J connectivity index is 1.36. The van der Waals surface area contributed by atoms with Gasteiger partial charge in [0.2, 0.25) is 0 Å². The monoisotopic (exact) mass is 428 g/mol. The maximum Gasteiger partial charge on any atom is 0.340 e. The average Bonchev–Trinajstić information content (AvgIpc) is 3.24. The third-order valence-corrected chi connectivity index (χ3v) is 5.13. The van der Waals surface area contributed by atoms with Crippen LogP contribution in [0.3, 0.4) is 0 Å². The van der Waals surface area contributed by atoms with E-state index < -0.39 is 5.97 Å². The quantitative estimate of drug-likeness (QED) is 0.340. The Bertz CT molecular complexity index is 1520. The molecule has 5 rings (SSSR count). The van der Waals surface area contributed by atoms with E-state index in [1.807, 2.05) is 6.07 Å². The molecule has 0 bridgehead atoms. The Hall–Kier alpha value is -4.33. The molecule has 0 aliphatic carbocycles. The summed E-state index contributed by atoms with van der Waals surface area (Å²) in [4.78, 5) is 28.7. The summed E-state index contributed by atoms with van der Waals surface area (Å²) in [6.45, 7) is 0.256. The van der Waals surface area contributed by atoms with Crippen molar-refractivity contribution in [1.82, 2.24) is 20.0 Å². The number of aromatic nitrogens is 4. The molecule has 0 atom stereocenters. The molecule has 0 unspecified atom stereocenters. The molecule has 7 nitrogen and oxygen atoms in total. The molecule has 0 saturated heterocycles. The van der Waals surface area contributed by atoms with E-state index in [0.717, 1.165) is 5.56 Å². The first-order chi connectivity index (χ1) is 15.6. The van der Waals surface area contributed by atoms with Gasteiger partial charge in [-0.05, 0) is 42.0 Å². The van der Waals surface area contributed by atoms with E-state index in [2.05, 4.69) is 15.3 Å². The summed E-state index contributed by atoms with van der Waals surface area (Å²) in [7, 11) is 0. The summed E-state index contributed by atoms with van der Waals surface area (Å²) in [6, 6.07) is 18.3. The summed E-state index contributed by atoms with van der Waals surface area (Å²) in [5, 5.41) is 8.97. The van der Waals surface area contributed by atoms with Gasteiger partial charge in [-0.15, -0.1) is 5.10 Å². The van der Waals surface area contributed by atoms with E-state index in [0.29, 0.717) is 34.0 Å². The number of nitrogens with one attached hydrogen (secondary N) is 1. The first-order valence-corrected chi connectivity index (χ1v) is 9.93. The zero-order valence-electron chi connectivity index (χ0n) is 16.8. The molecule has 158 valence electrons. The summed E-state index contributed by atoms with van der Waals surface area (Å²) < 4.78 is 20.3. The normalized spacial score (nSPS) is 11.2. The fourth-order valence-corrected chi connectivity index (χ4v) is 3.64. The highest BCUT2D eigenvalue weighted by molar-refractivity contribution is 6.05. The Morgan fingerprint density at radius 2 is 1.84 bits per heavy atom. The minimum Gasteiger partial charge on any atom is -0.455 e. The third kappa shape index (κ3) is 3.74. The summed E-state index contributed by atoms with van der Waals surface area (Å²) in [5.74, 6) is -0.904. The highest BCUT2D eigenvalue weighted by Crippen LogP contribution is 2.19. The van der Waals surface area contributed by atoms with Gasteiger partial charge in [0.25, 0.3) is 0 Å². The number of pyridine rings is 1. The molecule has 8 heteroatoms. The molecule has 0 aliphatic rings. The molecule has 2 heterocycles. The van der Waals surface area contributed by atoms with Crippen molar-refractivity contribution in [3.05, 3.63) is 106 Å². The van der Waals surface area contributed by atoms with Crippen LogP contribution in [0.1, 0.15) is 21.6 Å². The van der Waals surface area contributed by atoms with Gasteiger partial charge >= 0.3 is 5.97 Å². The van der Waals surface area contributed by atoms with Crippen molar-refractivity contribution in [3.8, 4) is 0 Å². The minimum absolute atomic E-state index is 0.0871. The van der Waals surface area contributed by atoms with E-state index in [1.165, 1.54) is 12.1 Å². The number of hydrogen-bond acceptors (Lipinski definition) is 5. The highest BCUT2D eigenvalue weighted by Gasteiger charge is 2.16. The number of carbonyl (C=O) groups is 1. The van der Waals surface area contributed by atoms with Gasteiger partial charge in [-0.2, -0.15) is 0 Å². The minimum atomic E-state index is -0.582. The van der Waals surface area contributed by atoms with Gasteiger partial charge in [-0.25, -0.2) is 13.9 Å². The number of rotatable bonds is 5. The highest BCUT2D eigenvalue weighted by atomic mass is 19.1. The fraction of sp³-hybridized carbons (Fsp3) is 0.0833. The Morgan fingerprint density at radius 1 is 1.03 bits per heavy atom. The van der Waals surface area contributed by atoms with E-state index in [9.17, 15) is 14.0 Å². The number of nitrogens with zero attached hydrogens (tertiary/aromatic N) is 3. The molecular formula is C24H17FN4O3. The number of carbonyl (C=O) groups excluding carboxylic acids is 1. The van der Waals surface area contributed by atoms with Gasteiger partial charge in [0.05, 0.1) is 23.8 Å². The van der Waals surface area contributed by atoms with Gasteiger partial charge in [-0.1, -0.05) is 35.5 Å². The number of fused-ring (bicyclic) bond motifs is 2. The van der Waals surface area contributed by atoms with E-state index in [1.54, 1.807) is 59.4 Å². The Morgan fingerprint density at radius 3 is 2.72 bits per heavy atom. The van der Waals surface area contributed by atoms with Crippen molar-refractivity contribution in [2.24, 2.45) is 0 Å². The van der Waals surface area contributed by atoms with Crippen LogP contribution in [-0.4, -0.2) is 25.9 Å². The standard InChI is InChI=1S/C24H17FN4O3/c25-16-6-3-5-15(11-16)12-29-13-17(27-28-29)14-32-24(31)20-9-4-8-19-22(20)26-21-10-2-1-7-18(21)23(19)30/h1-11,13H,12,14H2,(H,26,30). The lowest BCUT2D eigenvalue weighted by atomic mass is 10.1. The lowest BCUT2D eigenvalue weighted by Crippen LogP contribution is -2.10. The number of halogens is 1. The van der Waals surface area contributed by atoms with Gasteiger partial charge in [0, 0.05) is 16.3 Å². The van der Waals surface area contributed by atoms with Crippen molar-refractivity contribution in [3.63, 3.8) is 0 Å². The van der Waals surface area contributed by atoms with Crippen LogP contribution in [0.2, 0.25) is 0 Å². The van der Waals surface area contributed by atoms with Crippen LogP contribution >= 0.6 is 0 Å². The first-order valence-electron chi connectivity index (χ1n) is 9.93. The molecule has 0 radical (unpaired) electrons. The molecule has 0 saturated carbocycles. The Labute approximate surface area is 181 Å². The number of H-pyrrole nitrogens is 1. The number of ether oxygens (including phenoxy) is 1. The number of esters is 1. The smallest absolute Gasteiger partial charge is 0.340 e. The number of hydrogen-bond donors (Lipinski definition) is 1. The summed E-state index contributed by atoms with van der Waals surface area (Å²) >= 11 is 0. The van der Waals surface area contributed by atoms with Gasteiger partial charge in [0.15, 0.2) is 5.43 Å². The molecule has 1 N–H and O–H groups in total. The van der Waals surface area contributed by atoms with Crippen LogP contribution in [-0.2, 0) is 17.9 Å². The van der Waals surface area contributed by atoms with Crippen molar-refractivity contribution in [1.29, 1.82) is 0 Å². The van der Waals surface area contributed by atoms with Gasteiger partial charge in [0.1, 0.15) is 18.1 Å². The second-order valence-electron chi connectivity index (χ2n) is 7.34. The molecule has 0 amide bonds. The zero-order valence-corrected chi connectivity index (χ0v) is 16.8. The van der Waals surface area contributed by atoms with Gasteiger partial charge < -0.3 is 9.72 Å². The van der Waals surface area contributed by atoms with Crippen LogP contribution in [0.15, 0.2) is 77.7 Å². The van der Waals surface area contributed by atoms with Crippen LogP contribution in [0.4, 0.5) is 4.39 Å². The SMILES string of the molecule is O=C(OCc1cn(Cc2cccc(F)c2)nn1)c1cccc2c(=O)c3ccccc3[nH]c12. The molecule has 5 aromatic rings. The Kier molecular flexibility index (Phi) is 4.95. The van der Waals surface area contributed by atoms with Crippen molar-refractivity contribution >= 4 is 27.8 Å². The predicted molar refractivity (Wildman–Crippen MR) is 117 cm³/mol. The topological polar surface area (TPSA) is 89.9 Å². The molecule has 32 heavy (non-hydrogen) atoms. The number of benzene rings is 3. The van der Waals surface area contributed by atoms with Crippen LogP contribution in [0, 0.1) is 5.82 Å². The van der Waals surface area contributed by atoms with Gasteiger partial charge in [-0.3, -0.25) is 4.79 Å². The second kappa shape index (κ2) is 8.07. The van der Waals surface area contributed by atoms with Crippen molar-refractivity contribution in [2.75, 3.05) is 0 Å². The summed E-state index contributed by atoms with van der Waals surface area (Å²) in [5.41, 5.74) is 2.38. The maximum absolute atomic E-state index is 13.3. The van der Waals surface area contributed by atoms with E-state index >= 15 is 0 Å². The van der Waals surface area contributed by atoms with E-state index in [-0.39, 0.29) is 23.4 Å². The first kappa shape index (κ1) is 19.6. The lowest BCUT2D eigenvalue weighted by molar-refractivity contribution is 0.0470. The van der Waals surface area contributed by atoms with Crippen molar-refractivity contribution < 1.29 is 13.9 Å². The molecule has 0 aliphatic heterocycles. The predicted octanol–water partition coefficient (Wildman–Crippen LogP) is 3.82. The molecular weight excluding hydrogens is 411 g/mol. The molecule has 0 fully saturated rings. The van der Waals surface area contributed by atoms with Crippen LogP contribution in [0.5, 0.6) is 0 Å². The van der Waals surface area contributed by atoms with E-state index in [4.69, 9.17) is 4.74 Å². The molecule has 2 aromatic heterocycles.